The maximum absolute atomic E-state index is 11.9. The SMILES string of the molecule is CSC(C)(C)CNC(=O)CCCc1c[nH]c2ccccc12. The van der Waals surface area contributed by atoms with Crippen LogP contribution in [0.15, 0.2) is 30.5 Å². The Bertz CT molecular complexity index is 604. The molecule has 1 heterocycles. The summed E-state index contributed by atoms with van der Waals surface area (Å²) in [6.45, 7) is 5.01. The monoisotopic (exact) mass is 304 g/mol. The molecule has 0 aliphatic carbocycles. The van der Waals surface area contributed by atoms with E-state index < -0.39 is 0 Å². The summed E-state index contributed by atoms with van der Waals surface area (Å²) in [6, 6.07) is 8.29. The van der Waals surface area contributed by atoms with Crippen molar-refractivity contribution in [2.24, 2.45) is 0 Å². The Morgan fingerprint density at radius 1 is 1.33 bits per heavy atom. The van der Waals surface area contributed by atoms with E-state index in [1.165, 1.54) is 16.5 Å². The Morgan fingerprint density at radius 3 is 2.86 bits per heavy atom. The van der Waals surface area contributed by atoms with Crippen molar-refractivity contribution in [2.75, 3.05) is 12.8 Å². The molecule has 0 bridgehead atoms. The number of benzene rings is 1. The summed E-state index contributed by atoms with van der Waals surface area (Å²) in [6.07, 6.45) is 6.53. The smallest absolute Gasteiger partial charge is 0.220 e. The Hall–Kier alpha value is -1.42. The molecule has 3 nitrogen and oxygen atoms in total. The lowest BCUT2D eigenvalue weighted by molar-refractivity contribution is -0.121. The first-order valence-electron chi connectivity index (χ1n) is 7.39. The van der Waals surface area contributed by atoms with Gasteiger partial charge in [-0.15, -0.1) is 0 Å². The highest BCUT2D eigenvalue weighted by Gasteiger charge is 2.16. The van der Waals surface area contributed by atoms with Gasteiger partial charge in [0.25, 0.3) is 0 Å². The third kappa shape index (κ3) is 4.53. The van der Waals surface area contributed by atoms with Gasteiger partial charge in [-0.25, -0.2) is 0 Å². The Balaban J connectivity index is 1.78. The number of fused-ring (bicyclic) bond motifs is 1. The number of H-pyrrole nitrogens is 1. The maximum atomic E-state index is 11.9. The van der Waals surface area contributed by atoms with E-state index in [1.54, 1.807) is 11.8 Å². The van der Waals surface area contributed by atoms with Crippen LogP contribution in [-0.4, -0.2) is 28.4 Å². The summed E-state index contributed by atoms with van der Waals surface area (Å²) in [5.74, 6) is 0.150. The highest BCUT2D eigenvalue weighted by Crippen LogP contribution is 2.20. The summed E-state index contributed by atoms with van der Waals surface area (Å²) >= 11 is 1.77. The van der Waals surface area contributed by atoms with Crippen LogP contribution in [0.2, 0.25) is 0 Å². The van der Waals surface area contributed by atoms with Gasteiger partial charge in [-0.1, -0.05) is 18.2 Å². The van der Waals surface area contributed by atoms with Gasteiger partial charge in [0.05, 0.1) is 0 Å². The van der Waals surface area contributed by atoms with Crippen LogP contribution in [0.25, 0.3) is 10.9 Å². The number of para-hydroxylation sites is 1. The number of amides is 1. The van der Waals surface area contributed by atoms with Gasteiger partial charge in [0.1, 0.15) is 0 Å². The van der Waals surface area contributed by atoms with Crippen molar-refractivity contribution in [1.82, 2.24) is 10.3 Å². The molecule has 2 rings (SSSR count). The number of hydrogen-bond donors (Lipinski definition) is 2. The molecule has 1 aromatic heterocycles. The fourth-order valence-corrected chi connectivity index (χ4v) is 2.47. The molecule has 4 heteroatoms. The number of hydrogen-bond acceptors (Lipinski definition) is 2. The van der Waals surface area contributed by atoms with Crippen molar-refractivity contribution in [3.05, 3.63) is 36.0 Å². The fraction of sp³-hybridized carbons (Fsp3) is 0.471. The number of aromatic nitrogens is 1. The lowest BCUT2D eigenvalue weighted by Crippen LogP contribution is -2.35. The van der Waals surface area contributed by atoms with E-state index in [0.717, 1.165) is 19.4 Å². The summed E-state index contributed by atoms with van der Waals surface area (Å²) in [7, 11) is 0. The molecular formula is C17H24N2OS. The molecule has 0 fully saturated rings. The average molecular weight is 304 g/mol. The number of aryl methyl sites for hydroxylation is 1. The van der Waals surface area contributed by atoms with Gasteiger partial charge in [-0.2, -0.15) is 11.8 Å². The van der Waals surface area contributed by atoms with E-state index in [0.29, 0.717) is 6.42 Å². The molecule has 1 aromatic carbocycles. The third-order valence-corrected chi connectivity index (χ3v) is 5.04. The van der Waals surface area contributed by atoms with Gasteiger partial charge < -0.3 is 10.3 Å². The van der Waals surface area contributed by atoms with Crippen molar-refractivity contribution in [3.8, 4) is 0 Å². The third-order valence-electron chi connectivity index (χ3n) is 3.79. The van der Waals surface area contributed by atoms with E-state index in [-0.39, 0.29) is 10.7 Å². The van der Waals surface area contributed by atoms with Crippen molar-refractivity contribution < 1.29 is 4.79 Å². The molecule has 0 atom stereocenters. The molecule has 0 spiro atoms. The second-order valence-electron chi connectivity index (χ2n) is 5.95. The van der Waals surface area contributed by atoms with Gasteiger partial charge in [0.2, 0.25) is 5.91 Å². The van der Waals surface area contributed by atoms with Gasteiger partial charge in [0, 0.05) is 34.8 Å². The number of thioether (sulfide) groups is 1. The molecule has 0 saturated heterocycles. The molecule has 0 unspecified atom stereocenters. The number of nitrogens with one attached hydrogen (secondary N) is 2. The highest BCUT2D eigenvalue weighted by molar-refractivity contribution is 7.99. The quantitative estimate of drug-likeness (QED) is 0.818. The molecular weight excluding hydrogens is 280 g/mol. The van der Waals surface area contributed by atoms with E-state index in [4.69, 9.17) is 0 Å². The molecule has 0 saturated carbocycles. The van der Waals surface area contributed by atoms with Crippen molar-refractivity contribution >= 4 is 28.6 Å². The normalized spacial score (nSPS) is 11.8. The first-order chi connectivity index (χ1) is 10.0. The van der Waals surface area contributed by atoms with Crippen molar-refractivity contribution in [3.63, 3.8) is 0 Å². The molecule has 21 heavy (non-hydrogen) atoms. The van der Waals surface area contributed by atoms with Crippen LogP contribution in [0.4, 0.5) is 0 Å². The fourth-order valence-electron chi connectivity index (χ4n) is 2.25. The standard InChI is InChI=1S/C17H24N2OS/c1-17(2,21-3)12-19-16(20)10-6-7-13-11-18-15-9-5-4-8-14(13)15/h4-5,8-9,11,18H,6-7,10,12H2,1-3H3,(H,19,20). The molecule has 114 valence electrons. The van der Waals surface area contributed by atoms with Gasteiger partial charge in [-0.3, -0.25) is 4.79 Å². The minimum absolute atomic E-state index is 0.104. The summed E-state index contributed by atoms with van der Waals surface area (Å²) in [4.78, 5) is 15.1. The van der Waals surface area contributed by atoms with Crippen LogP contribution in [0.3, 0.4) is 0 Å². The summed E-state index contributed by atoms with van der Waals surface area (Å²) in [5.41, 5.74) is 2.46. The average Bonchev–Trinajstić information content (AvgIpc) is 2.89. The predicted molar refractivity (Wildman–Crippen MR) is 91.8 cm³/mol. The van der Waals surface area contributed by atoms with Crippen molar-refractivity contribution in [1.29, 1.82) is 0 Å². The summed E-state index contributed by atoms with van der Waals surface area (Å²) in [5, 5.41) is 4.29. The van der Waals surface area contributed by atoms with E-state index in [9.17, 15) is 4.79 Å². The summed E-state index contributed by atoms with van der Waals surface area (Å²) < 4.78 is 0.104. The maximum Gasteiger partial charge on any atom is 0.220 e. The minimum atomic E-state index is 0.104. The van der Waals surface area contributed by atoms with Gasteiger partial charge in [-0.05, 0) is 44.6 Å². The molecule has 0 aliphatic rings. The van der Waals surface area contributed by atoms with Gasteiger partial charge in [0.15, 0.2) is 0 Å². The molecule has 0 aliphatic heterocycles. The van der Waals surface area contributed by atoms with Crippen LogP contribution in [0.1, 0.15) is 32.3 Å². The Kier molecular flexibility index (Phi) is 5.34. The predicted octanol–water partition coefficient (Wildman–Crippen LogP) is 3.75. The van der Waals surface area contributed by atoms with Crippen LogP contribution >= 0.6 is 11.8 Å². The number of carbonyl (C=O) groups excluding carboxylic acids is 1. The number of carbonyl (C=O) groups is 1. The van der Waals surface area contributed by atoms with Crippen LogP contribution in [-0.2, 0) is 11.2 Å². The van der Waals surface area contributed by atoms with Crippen LogP contribution in [0.5, 0.6) is 0 Å². The van der Waals surface area contributed by atoms with Gasteiger partial charge >= 0.3 is 0 Å². The molecule has 0 radical (unpaired) electrons. The molecule has 2 aromatic rings. The first-order valence-corrected chi connectivity index (χ1v) is 8.61. The molecule has 2 N–H and O–H groups in total. The van der Waals surface area contributed by atoms with E-state index >= 15 is 0 Å². The first kappa shape index (κ1) is 16.0. The zero-order valence-corrected chi connectivity index (χ0v) is 13.8. The lowest BCUT2D eigenvalue weighted by Gasteiger charge is -2.22. The Morgan fingerprint density at radius 2 is 2.10 bits per heavy atom. The van der Waals surface area contributed by atoms with E-state index in [1.807, 2.05) is 6.07 Å². The lowest BCUT2D eigenvalue weighted by atomic mass is 10.1. The second-order valence-corrected chi connectivity index (χ2v) is 7.47. The highest BCUT2D eigenvalue weighted by atomic mass is 32.2. The van der Waals surface area contributed by atoms with Crippen LogP contribution < -0.4 is 5.32 Å². The second kappa shape index (κ2) is 7.03. The van der Waals surface area contributed by atoms with E-state index in [2.05, 4.69) is 54.8 Å². The minimum Gasteiger partial charge on any atom is -0.361 e. The van der Waals surface area contributed by atoms with Crippen molar-refractivity contribution in [2.45, 2.75) is 37.9 Å². The largest absolute Gasteiger partial charge is 0.361 e. The molecule has 1 amide bonds. The Labute approximate surface area is 130 Å². The van der Waals surface area contributed by atoms with Crippen LogP contribution in [0, 0.1) is 0 Å². The topological polar surface area (TPSA) is 44.9 Å². The number of rotatable bonds is 7. The zero-order valence-electron chi connectivity index (χ0n) is 13.0. The zero-order chi connectivity index (χ0) is 15.3. The number of aromatic amines is 1.